The molecule has 1 aliphatic rings. The Labute approximate surface area is 120 Å². The van der Waals surface area contributed by atoms with Crippen molar-refractivity contribution >= 4 is 6.01 Å². The van der Waals surface area contributed by atoms with Crippen LogP contribution in [-0.2, 0) is 4.74 Å². The van der Waals surface area contributed by atoms with Crippen LogP contribution in [0.5, 0.6) is 0 Å². The van der Waals surface area contributed by atoms with Crippen molar-refractivity contribution in [3.63, 3.8) is 0 Å². The Bertz CT molecular complexity index is 388. The van der Waals surface area contributed by atoms with Crippen LogP contribution < -0.4 is 10.2 Å². The molecule has 0 bridgehead atoms. The van der Waals surface area contributed by atoms with E-state index >= 15 is 0 Å². The highest BCUT2D eigenvalue weighted by atomic mass is 16.5. The van der Waals surface area contributed by atoms with Gasteiger partial charge >= 0.3 is 6.01 Å². The van der Waals surface area contributed by atoms with E-state index < -0.39 is 0 Å². The molecule has 1 saturated heterocycles. The molecule has 1 N–H and O–H groups in total. The largest absolute Gasteiger partial charge is 0.406 e. The first kappa shape index (κ1) is 15.3. The lowest BCUT2D eigenvalue weighted by Gasteiger charge is -2.30. The summed E-state index contributed by atoms with van der Waals surface area (Å²) in [4.78, 5) is 2.18. The van der Waals surface area contributed by atoms with Crippen molar-refractivity contribution in [1.82, 2.24) is 15.5 Å². The van der Waals surface area contributed by atoms with Gasteiger partial charge in [-0.2, -0.15) is 0 Å². The van der Waals surface area contributed by atoms with Crippen molar-refractivity contribution in [3.05, 3.63) is 5.89 Å². The summed E-state index contributed by atoms with van der Waals surface area (Å²) in [6.45, 7) is 7.93. The summed E-state index contributed by atoms with van der Waals surface area (Å²) in [6, 6.07) is 0.767. The summed E-state index contributed by atoms with van der Waals surface area (Å²) in [7, 11) is 1.77. The molecule has 20 heavy (non-hydrogen) atoms. The lowest BCUT2D eigenvalue weighted by molar-refractivity contribution is 0.138. The van der Waals surface area contributed by atoms with E-state index in [4.69, 9.17) is 9.15 Å². The van der Waals surface area contributed by atoms with Crippen LogP contribution >= 0.6 is 0 Å². The Morgan fingerprint density at radius 2 is 2.15 bits per heavy atom. The molecule has 0 aromatic carbocycles. The smallest absolute Gasteiger partial charge is 0.318 e. The van der Waals surface area contributed by atoms with E-state index in [1.807, 2.05) is 0 Å². The number of piperidine rings is 1. The average Bonchev–Trinajstić information content (AvgIpc) is 2.96. The van der Waals surface area contributed by atoms with Gasteiger partial charge in [-0.25, -0.2) is 0 Å². The number of nitrogens with zero attached hydrogens (tertiary/aromatic N) is 3. The van der Waals surface area contributed by atoms with Crippen LogP contribution in [0.3, 0.4) is 0 Å². The monoisotopic (exact) mass is 282 g/mol. The first-order chi connectivity index (χ1) is 9.74. The fraction of sp³-hybridized carbons (Fsp3) is 0.857. The predicted molar refractivity (Wildman–Crippen MR) is 77.8 cm³/mol. The van der Waals surface area contributed by atoms with Gasteiger partial charge in [0.05, 0.1) is 6.04 Å². The van der Waals surface area contributed by atoms with E-state index in [0.29, 0.717) is 17.8 Å². The summed E-state index contributed by atoms with van der Waals surface area (Å²) < 4.78 is 11.0. The molecule has 1 atom stereocenters. The molecule has 0 saturated carbocycles. The first-order valence-electron chi connectivity index (χ1n) is 7.55. The maximum atomic E-state index is 5.79. The van der Waals surface area contributed by atoms with Crippen LogP contribution in [0, 0.1) is 5.92 Å². The van der Waals surface area contributed by atoms with Crippen LogP contribution in [0.25, 0.3) is 0 Å². The third-order valence-corrected chi connectivity index (χ3v) is 3.79. The van der Waals surface area contributed by atoms with Gasteiger partial charge in [-0.1, -0.05) is 12.0 Å². The second-order valence-electron chi connectivity index (χ2n) is 5.48. The van der Waals surface area contributed by atoms with Crippen LogP contribution in [0.1, 0.15) is 45.0 Å². The standard InChI is InChI=1S/C14H26N4O2/c1-4-7-15-11(2)13-16-17-14(20-13)18-8-5-12(6-9-18)10-19-3/h11-12,15H,4-10H2,1-3H3. The van der Waals surface area contributed by atoms with Crippen LogP contribution in [0.4, 0.5) is 6.01 Å². The number of ether oxygens (including phenoxy) is 1. The molecule has 0 aliphatic carbocycles. The Hall–Kier alpha value is -1.14. The van der Waals surface area contributed by atoms with Crippen LogP contribution in [0.2, 0.25) is 0 Å². The average molecular weight is 282 g/mol. The van der Waals surface area contributed by atoms with E-state index in [0.717, 1.165) is 45.5 Å². The minimum Gasteiger partial charge on any atom is -0.406 e. The van der Waals surface area contributed by atoms with E-state index in [2.05, 4.69) is 34.3 Å². The van der Waals surface area contributed by atoms with E-state index in [1.54, 1.807) is 7.11 Å². The summed E-state index contributed by atoms with van der Waals surface area (Å²) in [5.41, 5.74) is 0. The van der Waals surface area contributed by atoms with Gasteiger partial charge in [-0.05, 0) is 38.6 Å². The lowest BCUT2D eigenvalue weighted by Crippen LogP contribution is -2.35. The zero-order valence-electron chi connectivity index (χ0n) is 12.8. The highest BCUT2D eigenvalue weighted by molar-refractivity contribution is 5.25. The number of hydrogen-bond donors (Lipinski definition) is 1. The number of methoxy groups -OCH3 is 1. The molecular weight excluding hydrogens is 256 g/mol. The van der Waals surface area contributed by atoms with Gasteiger partial charge in [0, 0.05) is 26.8 Å². The summed E-state index contributed by atoms with van der Waals surface area (Å²) in [5, 5.41) is 11.7. The van der Waals surface area contributed by atoms with Crippen LogP contribution in [-0.4, -0.2) is 43.5 Å². The fourth-order valence-electron chi connectivity index (χ4n) is 2.50. The molecule has 1 aromatic rings. The van der Waals surface area contributed by atoms with E-state index in [-0.39, 0.29) is 6.04 Å². The molecule has 1 aromatic heterocycles. The highest BCUT2D eigenvalue weighted by Gasteiger charge is 2.23. The van der Waals surface area contributed by atoms with Gasteiger partial charge in [-0.15, -0.1) is 5.10 Å². The van der Waals surface area contributed by atoms with Crippen molar-refractivity contribution in [2.24, 2.45) is 5.92 Å². The van der Waals surface area contributed by atoms with Gasteiger partial charge in [0.1, 0.15) is 0 Å². The second kappa shape index (κ2) is 7.59. The lowest BCUT2D eigenvalue weighted by atomic mass is 9.98. The molecule has 114 valence electrons. The van der Waals surface area contributed by atoms with Gasteiger partial charge in [0.15, 0.2) is 0 Å². The number of anilines is 1. The Morgan fingerprint density at radius 1 is 1.40 bits per heavy atom. The third kappa shape index (κ3) is 3.93. The SMILES string of the molecule is CCCNC(C)c1nnc(N2CCC(COC)CC2)o1. The van der Waals surface area contributed by atoms with Crippen molar-refractivity contribution in [3.8, 4) is 0 Å². The highest BCUT2D eigenvalue weighted by Crippen LogP contribution is 2.23. The summed E-state index contributed by atoms with van der Waals surface area (Å²) in [6.07, 6.45) is 3.34. The number of rotatable bonds is 7. The predicted octanol–water partition coefficient (Wildman–Crippen LogP) is 1.99. The molecule has 0 radical (unpaired) electrons. The van der Waals surface area contributed by atoms with Crippen molar-refractivity contribution < 1.29 is 9.15 Å². The molecule has 0 spiro atoms. The van der Waals surface area contributed by atoms with Crippen molar-refractivity contribution in [2.75, 3.05) is 38.3 Å². The molecule has 1 aliphatic heterocycles. The number of hydrogen-bond acceptors (Lipinski definition) is 6. The molecule has 6 nitrogen and oxygen atoms in total. The molecule has 1 unspecified atom stereocenters. The molecule has 6 heteroatoms. The van der Waals surface area contributed by atoms with Crippen molar-refractivity contribution in [2.45, 2.75) is 39.2 Å². The summed E-state index contributed by atoms with van der Waals surface area (Å²) in [5.74, 6) is 1.33. The second-order valence-corrected chi connectivity index (χ2v) is 5.48. The zero-order valence-corrected chi connectivity index (χ0v) is 12.8. The van der Waals surface area contributed by atoms with Gasteiger partial charge in [0.25, 0.3) is 0 Å². The number of aromatic nitrogens is 2. The van der Waals surface area contributed by atoms with Gasteiger partial charge < -0.3 is 19.4 Å². The van der Waals surface area contributed by atoms with E-state index in [9.17, 15) is 0 Å². The molecular formula is C14H26N4O2. The van der Waals surface area contributed by atoms with Crippen molar-refractivity contribution in [1.29, 1.82) is 0 Å². The normalized spacial score (nSPS) is 18.4. The first-order valence-corrected chi connectivity index (χ1v) is 7.55. The van der Waals surface area contributed by atoms with Gasteiger partial charge in [0.2, 0.25) is 5.89 Å². The maximum Gasteiger partial charge on any atom is 0.318 e. The molecule has 2 heterocycles. The summed E-state index contributed by atoms with van der Waals surface area (Å²) >= 11 is 0. The number of nitrogens with one attached hydrogen (secondary N) is 1. The quantitative estimate of drug-likeness (QED) is 0.825. The maximum absolute atomic E-state index is 5.79. The molecule has 2 rings (SSSR count). The van der Waals surface area contributed by atoms with Gasteiger partial charge in [-0.3, -0.25) is 0 Å². The zero-order chi connectivity index (χ0) is 14.4. The fourth-order valence-corrected chi connectivity index (χ4v) is 2.50. The topological polar surface area (TPSA) is 63.4 Å². The Morgan fingerprint density at radius 3 is 2.80 bits per heavy atom. The molecule has 0 amide bonds. The van der Waals surface area contributed by atoms with E-state index in [1.165, 1.54) is 0 Å². The third-order valence-electron chi connectivity index (χ3n) is 3.79. The molecule has 1 fully saturated rings. The van der Waals surface area contributed by atoms with Crippen LogP contribution in [0.15, 0.2) is 4.42 Å². The Balaban J connectivity index is 1.86. The minimum atomic E-state index is 0.113. The Kier molecular flexibility index (Phi) is 5.79. The minimum absolute atomic E-state index is 0.113.